The summed E-state index contributed by atoms with van der Waals surface area (Å²) in [7, 11) is 1.60. The summed E-state index contributed by atoms with van der Waals surface area (Å²) in [6.45, 7) is 2.68. The predicted molar refractivity (Wildman–Crippen MR) is 89.1 cm³/mol. The quantitative estimate of drug-likeness (QED) is 0.845. The van der Waals surface area contributed by atoms with Crippen LogP contribution in [0.4, 0.5) is 0 Å². The van der Waals surface area contributed by atoms with E-state index in [1.165, 1.54) is 19.3 Å². The van der Waals surface area contributed by atoms with Crippen LogP contribution in [-0.2, 0) is 16.1 Å². The maximum atomic E-state index is 11.9. The summed E-state index contributed by atoms with van der Waals surface area (Å²) >= 11 is 0. The smallest absolute Gasteiger partial charge is 0.251 e. The number of ether oxygens (including phenoxy) is 1. The third-order valence-electron chi connectivity index (χ3n) is 4.37. The third-order valence-corrected chi connectivity index (χ3v) is 4.37. The number of hydrogen-bond acceptors (Lipinski definition) is 3. The lowest BCUT2D eigenvalue weighted by Crippen LogP contribution is -2.33. The second kappa shape index (κ2) is 8.67. The van der Waals surface area contributed by atoms with E-state index in [0.29, 0.717) is 18.0 Å². The topological polar surface area (TPSA) is 67.4 Å². The van der Waals surface area contributed by atoms with E-state index in [2.05, 4.69) is 17.6 Å². The van der Waals surface area contributed by atoms with Gasteiger partial charge >= 0.3 is 0 Å². The van der Waals surface area contributed by atoms with Gasteiger partial charge in [-0.15, -0.1) is 0 Å². The summed E-state index contributed by atoms with van der Waals surface area (Å²) in [4.78, 5) is 23.5. The molecule has 0 saturated heterocycles. The van der Waals surface area contributed by atoms with Gasteiger partial charge in [0.1, 0.15) is 6.61 Å². The van der Waals surface area contributed by atoms with Crippen LogP contribution in [0.25, 0.3) is 0 Å². The van der Waals surface area contributed by atoms with Crippen molar-refractivity contribution in [1.29, 1.82) is 0 Å². The summed E-state index contributed by atoms with van der Waals surface area (Å²) in [5, 5.41) is 5.43. The van der Waals surface area contributed by atoms with Crippen molar-refractivity contribution in [2.45, 2.75) is 45.3 Å². The van der Waals surface area contributed by atoms with Crippen LogP contribution in [0.3, 0.4) is 0 Å². The summed E-state index contributed by atoms with van der Waals surface area (Å²) in [6.07, 6.45) is 4.87. The van der Waals surface area contributed by atoms with E-state index >= 15 is 0 Å². The molecule has 5 heteroatoms. The van der Waals surface area contributed by atoms with Crippen LogP contribution in [0.5, 0.6) is 0 Å². The molecule has 2 rings (SSSR count). The first-order valence-corrected chi connectivity index (χ1v) is 8.29. The Morgan fingerprint density at radius 2 is 2.04 bits per heavy atom. The lowest BCUT2D eigenvalue weighted by molar-refractivity contribution is -0.129. The van der Waals surface area contributed by atoms with Crippen LogP contribution in [0.15, 0.2) is 24.3 Å². The molecule has 1 aromatic rings. The Bertz CT molecular complexity index is 545. The van der Waals surface area contributed by atoms with Crippen molar-refractivity contribution in [3.8, 4) is 0 Å². The zero-order valence-corrected chi connectivity index (χ0v) is 13.9. The van der Waals surface area contributed by atoms with Gasteiger partial charge in [0.25, 0.3) is 5.91 Å². The summed E-state index contributed by atoms with van der Waals surface area (Å²) in [5.41, 5.74) is 1.48. The highest BCUT2D eigenvalue weighted by molar-refractivity contribution is 5.94. The molecule has 0 bridgehead atoms. The fourth-order valence-corrected chi connectivity index (χ4v) is 2.93. The van der Waals surface area contributed by atoms with Crippen molar-refractivity contribution in [1.82, 2.24) is 10.6 Å². The van der Waals surface area contributed by atoms with Crippen LogP contribution >= 0.6 is 0 Å². The van der Waals surface area contributed by atoms with Crippen molar-refractivity contribution in [3.05, 3.63) is 35.4 Å². The number of benzene rings is 1. The minimum atomic E-state index is -0.132. The predicted octanol–water partition coefficient (Wildman–Crippen LogP) is 2.26. The van der Waals surface area contributed by atoms with Gasteiger partial charge in [-0.2, -0.15) is 0 Å². The third kappa shape index (κ3) is 5.36. The molecule has 0 spiro atoms. The first-order valence-electron chi connectivity index (χ1n) is 8.29. The molecule has 0 radical (unpaired) electrons. The van der Waals surface area contributed by atoms with Gasteiger partial charge in [-0.05, 0) is 36.5 Å². The summed E-state index contributed by atoms with van der Waals surface area (Å²) in [6, 6.07) is 7.23. The van der Waals surface area contributed by atoms with Crippen LogP contribution < -0.4 is 10.6 Å². The lowest BCUT2D eigenvalue weighted by atomic mass is 9.88. The Hall–Kier alpha value is -1.88. The van der Waals surface area contributed by atoms with Gasteiger partial charge < -0.3 is 15.4 Å². The Kier molecular flexibility index (Phi) is 6.59. The number of carbonyl (C=O) groups is 2. The van der Waals surface area contributed by atoms with Gasteiger partial charge in [0.15, 0.2) is 0 Å². The minimum Gasteiger partial charge on any atom is -0.368 e. The van der Waals surface area contributed by atoms with Gasteiger partial charge in [-0.25, -0.2) is 0 Å². The molecule has 1 aromatic carbocycles. The maximum Gasteiger partial charge on any atom is 0.251 e. The molecule has 1 fully saturated rings. The highest BCUT2D eigenvalue weighted by atomic mass is 16.5. The summed E-state index contributed by atoms with van der Waals surface area (Å²) < 4.78 is 5.75. The molecule has 0 aliphatic heterocycles. The van der Waals surface area contributed by atoms with Crippen molar-refractivity contribution in [2.24, 2.45) is 5.92 Å². The maximum absolute atomic E-state index is 11.9. The largest absolute Gasteiger partial charge is 0.368 e. The molecule has 2 amide bonds. The molecule has 1 saturated carbocycles. The molecule has 126 valence electrons. The molecule has 0 aromatic heterocycles. The van der Waals surface area contributed by atoms with Gasteiger partial charge in [0, 0.05) is 19.2 Å². The SMILES string of the molecule is CNC(=O)c1cccc(CNC(=O)CO[C@H]2CCCC[C@@H]2C)c1. The van der Waals surface area contributed by atoms with Gasteiger partial charge in [0.2, 0.25) is 5.91 Å². The summed E-state index contributed by atoms with van der Waals surface area (Å²) in [5.74, 6) is 0.279. The fraction of sp³-hybridized carbons (Fsp3) is 0.556. The molecule has 2 atom stereocenters. The first-order chi connectivity index (χ1) is 11.1. The average molecular weight is 318 g/mol. The Labute approximate surface area is 137 Å². The standard InChI is InChI=1S/C18H26N2O3/c1-13-6-3-4-9-16(13)23-12-17(21)20-11-14-7-5-8-15(10-14)18(22)19-2/h5,7-8,10,13,16H,3-4,6,9,11-12H2,1-2H3,(H,19,22)(H,20,21)/t13-,16-/m0/s1. The Morgan fingerprint density at radius 3 is 2.78 bits per heavy atom. The van der Waals surface area contributed by atoms with Gasteiger partial charge in [0.05, 0.1) is 6.10 Å². The fourth-order valence-electron chi connectivity index (χ4n) is 2.93. The lowest BCUT2D eigenvalue weighted by Gasteiger charge is -2.28. The number of hydrogen-bond donors (Lipinski definition) is 2. The van der Waals surface area contributed by atoms with Crippen LogP contribution in [-0.4, -0.2) is 31.6 Å². The Balaban J connectivity index is 1.77. The van der Waals surface area contributed by atoms with Crippen molar-refractivity contribution in [3.63, 3.8) is 0 Å². The zero-order chi connectivity index (χ0) is 16.7. The second-order valence-electron chi connectivity index (χ2n) is 6.17. The molecular formula is C18H26N2O3. The normalized spacial score (nSPS) is 20.8. The number of amides is 2. The van der Waals surface area contributed by atoms with E-state index in [1.54, 1.807) is 19.2 Å². The van der Waals surface area contributed by atoms with Crippen molar-refractivity contribution in [2.75, 3.05) is 13.7 Å². The van der Waals surface area contributed by atoms with Crippen molar-refractivity contribution >= 4 is 11.8 Å². The monoisotopic (exact) mass is 318 g/mol. The van der Waals surface area contributed by atoms with Crippen LogP contribution in [0, 0.1) is 5.92 Å². The highest BCUT2D eigenvalue weighted by Gasteiger charge is 2.22. The molecule has 0 unspecified atom stereocenters. The average Bonchev–Trinajstić information content (AvgIpc) is 2.58. The molecular weight excluding hydrogens is 292 g/mol. The molecule has 1 aliphatic carbocycles. The van der Waals surface area contributed by atoms with E-state index in [9.17, 15) is 9.59 Å². The molecule has 5 nitrogen and oxygen atoms in total. The van der Waals surface area contributed by atoms with Crippen molar-refractivity contribution < 1.29 is 14.3 Å². The first kappa shape index (κ1) is 17.5. The number of carbonyl (C=O) groups excluding carboxylic acids is 2. The number of nitrogens with one attached hydrogen (secondary N) is 2. The molecule has 23 heavy (non-hydrogen) atoms. The molecule has 1 aliphatic rings. The van der Waals surface area contributed by atoms with E-state index in [1.807, 2.05) is 12.1 Å². The molecule has 0 heterocycles. The minimum absolute atomic E-state index is 0.101. The van der Waals surface area contributed by atoms with E-state index in [0.717, 1.165) is 12.0 Å². The highest BCUT2D eigenvalue weighted by Crippen LogP contribution is 2.26. The Morgan fingerprint density at radius 1 is 1.26 bits per heavy atom. The van der Waals surface area contributed by atoms with E-state index in [-0.39, 0.29) is 24.5 Å². The van der Waals surface area contributed by atoms with Crippen LogP contribution in [0.2, 0.25) is 0 Å². The zero-order valence-electron chi connectivity index (χ0n) is 13.9. The van der Waals surface area contributed by atoms with Gasteiger partial charge in [-0.3, -0.25) is 9.59 Å². The number of rotatable bonds is 6. The van der Waals surface area contributed by atoms with E-state index in [4.69, 9.17) is 4.74 Å². The molecule has 2 N–H and O–H groups in total. The second-order valence-corrected chi connectivity index (χ2v) is 6.17. The van der Waals surface area contributed by atoms with Crippen LogP contribution in [0.1, 0.15) is 48.5 Å². The van der Waals surface area contributed by atoms with Gasteiger partial charge in [-0.1, -0.05) is 31.9 Å². The van der Waals surface area contributed by atoms with E-state index < -0.39 is 0 Å².